The lowest BCUT2D eigenvalue weighted by atomic mass is 10.1. The molecule has 0 spiro atoms. The van der Waals surface area contributed by atoms with Crippen molar-refractivity contribution in [1.29, 1.82) is 0 Å². The molecule has 4 N–H and O–H groups in total. The fraction of sp³-hybridized carbons (Fsp3) is 0.118. The Hall–Kier alpha value is -2.64. The molecule has 0 radical (unpaired) electrons. The maximum Gasteiger partial charge on any atom is 0.189 e. The summed E-state index contributed by atoms with van der Waals surface area (Å²) >= 11 is 1.25. The van der Waals surface area contributed by atoms with Crippen molar-refractivity contribution in [2.75, 3.05) is 18.2 Å². The average Bonchev–Trinajstić information content (AvgIpc) is 2.96. The molecule has 0 amide bonds. The first-order valence-electron chi connectivity index (χ1n) is 7.17. The highest BCUT2D eigenvalue weighted by molar-refractivity contribution is 7.16. The molecule has 0 aliphatic carbocycles. The van der Waals surface area contributed by atoms with Gasteiger partial charge in [-0.3, -0.25) is 0 Å². The molecule has 2 aromatic carbocycles. The second kappa shape index (κ2) is 6.86. The summed E-state index contributed by atoms with van der Waals surface area (Å²) < 4.78 is 18.0. The van der Waals surface area contributed by atoms with E-state index < -0.39 is 6.10 Å². The van der Waals surface area contributed by atoms with Crippen molar-refractivity contribution in [1.82, 2.24) is 4.98 Å². The Bertz CT molecular complexity index is 819. The van der Waals surface area contributed by atoms with Gasteiger partial charge in [-0.25, -0.2) is 9.37 Å². The van der Waals surface area contributed by atoms with E-state index in [9.17, 15) is 9.50 Å². The number of aliphatic hydroxyl groups is 1. The first kappa shape index (κ1) is 16.2. The molecule has 0 fully saturated rings. The highest BCUT2D eigenvalue weighted by Gasteiger charge is 2.19. The van der Waals surface area contributed by atoms with Crippen LogP contribution in [-0.4, -0.2) is 17.2 Å². The van der Waals surface area contributed by atoms with Crippen LogP contribution in [0.4, 0.5) is 21.0 Å². The second-order valence-electron chi connectivity index (χ2n) is 5.08. The molecule has 1 atom stereocenters. The highest BCUT2D eigenvalue weighted by atomic mass is 32.1. The third-order valence-corrected chi connectivity index (χ3v) is 4.50. The van der Waals surface area contributed by atoms with E-state index in [-0.39, 0.29) is 11.6 Å². The zero-order valence-electron chi connectivity index (χ0n) is 12.9. The van der Waals surface area contributed by atoms with Gasteiger partial charge < -0.3 is 20.9 Å². The number of benzene rings is 2. The summed E-state index contributed by atoms with van der Waals surface area (Å²) in [5.41, 5.74) is 7.31. The number of methoxy groups -OCH3 is 1. The summed E-state index contributed by atoms with van der Waals surface area (Å²) in [6, 6.07) is 13.0. The lowest BCUT2D eigenvalue weighted by Gasteiger charge is -2.10. The van der Waals surface area contributed by atoms with Gasteiger partial charge in [-0.2, -0.15) is 0 Å². The maximum atomic E-state index is 12.9. The van der Waals surface area contributed by atoms with Gasteiger partial charge in [0, 0.05) is 5.69 Å². The van der Waals surface area contributed by atoms with E-state index in [0.717, 1.165) is 0 Å². The van der Waals surface area contributed by atoms with Crippen LogP contribution in [0.3, 0.4) is 0 Å². The van der Waals surface area contributed by atoms with E-state index in [1.54, 1.807) is 43.5 Å². The van der Waals surface area contributed by atoms with Crippen molar-refractivity contribution < 1.29 is 14.2 Å². The predicted molar refractivity (Wildman–Crippen MR) is 93.3 cm³/mol. The molecule has 3 aromatic rings. The molecule has 124 valence electrons. The van der Waals surface area contributed by atoms with Crippen molar-refractivity contribution >= 4 is 28.0 Å². The molecule has 1 unspecified atom stereocenters. The number of aromatic nitrogens is 1. The largest absolute Gasteiger partial charge is 0.497 e. The van der Waals surface area contributed by atoms with Gasteiger partial charge in [0.15, 0.2) is 5.13 Å². The fourth-order valence-corrected chi connectivity index (χ4v) is 3.11. The van der Waals surface area contributed by atoms with Crippen LogP contribution in [0.1, 0.15) is 16.5 Å². The Balaban J connectivity index is 1.80. The number of nitrogens with zero attached hydrogens (tertiary/aromatic N) is 1. The number of nitrogens with one attached hydrogen (secondary N) is 1. The summed E-state index contributed by atoms with van der Waals surface area (Å²) in [5.74, 6) is 0.657. The van der Waals surface area contributed by atoms with Gasteiger partial charge in [-0.1, -0.05) is 23.5 Å². The first-order valence-corrected chi connectivity index (χ1v) is 7.99. The third kappa shape index (κ3) is 3.47. The number of rotatable bonds is 5. The quantitative estimate of drug-likeness (QED) is 0.657. The summed E-state index contributed by atoms with van der Waals surface area (Å²) in [7, 11) is 1.58. The minimum atomic E-state index is -0.878. The monoisotopic (exact) mass is 345 g/mol. The van der Waals surface area contributed by atoms with E-state index in [0.29, 0.717) is 27.0 Å². The van der Waals surface area contributed by atoms with Crippen LogP contribution in [0.15, 0.2) is 48.5 Å². The Morgan fingerprint density at radius 1 is 1.17 bits per heavy atom. The fourth-order valence-electron chi connectivity index (χ4n) is 2.19. The minimum absolute atomic E-state index is 0.257. The van der Waals surface area contributed by atoms with Gasteiger partial charge in [0.05, 0.1) is 12.0 Å². The average molecular weight is 345 g/mol. The smallest absolute Gasteiger partial charge is 0.189 e. The highest BCUT2D eigenvalue weighted by Crippen LogP contribution is 2.35. The van der Waals surface area contributed by atoms with Crippen LogP contribution in [0.5, 0.6) is 5.75 Å². The minimum Gasteiger partial charge on any atom is -0.497 e. The predicted octanol–water partition coefficient (Wildman–Crippen LogP) is 3.70. The summed E-state index contributed by atoms with van der Waals surface area (Å²) in [6.45, 7) is 0. The van der Waals surface area contributed by atoms with Gasteiger partial charge in [0.1, 0.15) is 23.5 Å². The Kier molecular flexibility index (Phi) is 4.64. The topological polar surface area (TPSA) is 80.4 Å². The van der Waals surface area contributed by atoms with Crippen LogP contribution in [0, 0.1) is 5.82 Å². The lowest BCUT2D eigenvalue weighted by molar-refractivity contribution is 0.224. The molecule has 24 heavy (non-hydrogen) atoms. The van der Waals surface area contributed by atoms with Crippen LogP contribution in [-0.2, 0) is 0 Å². The van der Waals surface area contributed by atoms with Gasteiger partial charge in [0.25, 0.3) is 0 Å². The molecular formula is C17H16FN3O2S. The lowest BCUT2D eigenvalue weighted by Crippen LogP contribution is -2.01. The number of aliphatic hydroxyl groups excluding tert-OH is 1. The summed E-state index contributed by atoms with van der Waals surface area (Å²) in [6.07, 6.45) is -0.878. The SMILES string of the molecule is COc1ccc(C(O)c2sc(Nc3ccc(F)cc3)nc2N)cc1. The number of nitrogen functional groups attached to an aromatic ring is 1. The Morgan fingerprint density at radius 3 is 2.46 bits per heavy atom. The molecule has 7 heteroatoms. The standard InChI is InChI=1S/C17H16FN3O2S/c1-23-13-8-2-10(3-9-13)14(22)15-16(19)21-17(24-15)20-12-6-4-11(18)5-7-12/h2-9,14,22H,19H2,1H3,(H,20,21). The number of nitrogens with two attached hydrogens (primary N) is 1. The number of ether oxygens (including phenoxy) is 1. The molecule has 0 aliphatic heterocycles. The van der Waals surface area contributed by atoms with Gasteiger partial charge in [0.2, 0.25) is 0 Å². The molecule has 3 rings (SSSR count). The van der Waals surface area contributed by atoms with Crippen molar-refractivity contribution in [2.45, 2.75) is 6.10 Å². The Morgan fingerprint density at radius 2 is 1.83 bits per heavy atom. The Labute approximate surface area is 142 Å². The number of halogens is 1. The number of hydrogen-bond donors (Lipinski definition) is 3. The number of thiazole rings is 1. The normalized spacial score (nSPS) is 12.0. The van der Waals surface area contributed by atoms with E-state index in [4.69, 9.17) is 10.5 Å². The van der Waals surface area contributed by atoms with E-state index in [1.165, 1.54) is 23.5 Å². The van der Waals surface area contributed by atoms with Crippen LogP contribution in [0.2, 0.25) is 0 Å². The number of hydrogen-bond acceptors (Lipinski definition) is 6. The van der Waals surface area contributed by atoms with E-state index >= 15 is 0 Å². The molecule has 0 saturated heterocycles. The van der Waals surface area contributed by atoms with Gasteiger partial charge in [-0.15, -0.1) is 0 Å². The van der Waals surface area contributed by atoms with Crippen molar-refractivity contribution in [3.8, 4) is 5.75 Å². The zero-order valence-corrected chi connectivity index (χ0v) is 13.7. The molecule has 1 heterocycles. The number of anilines is 3. The summed E-state index contributed by atoms with van der Waals surface area (Å²) in [4.78, 5) is 4.76. The van der Waals surface area contributed by atoms with Crippen molar-refractivity contribution in [3.63, 3.8) is 0 Å². The van der Waals surface area contributed by atoms with Crippen molar-refractivity contribution in [3.05, 3.63) is 64.8 Å². The molecule has 0 aliphatic rings. The van der Waals surface area contributed by atoms with Crippen LogP contribution < -0.4 is 15.8 Å². The van der Waals surface area contributed by atoms with Gasteiger partial charge >= 0.3 is 0 Å². The van der Waals surface area contributed by atoms with Crippen molar-refractivity contribution in [2.24, 2.45) is 0 Å². The zero-order chi connectivity index (χ0) is 17.1. The maximum absolute atomic E-state index is 12.9. The second-order valence-corrected chi connectivity index (χ2v) is 6.11. The molecule has 0 bridgehead atoms. The first-order chi connectivity index (χ1) is 11.6. The summed E-state index contributed by atoms with van der Waals surface area (Å²) in [5, 5.41) is 14.1. The van der Waals surface area contributed by atoms with Crippen LogP contribution in [0.25, 0.3) is 0 Å². The molecule has 1 aromatic heterocycles. The van der Waals surface area contributed by atoms with Crippen LogP contribution >= 0.6 is 11.3 Å². The van der Waals surface area contributed by atoms with E-state index in [1.807, 2.05) is 0 Å². The van der Waals surface area contributed by atoms with Gasteiger partial charge in [-0.05, 0) is 42.0 Å². The molecular weight excluding hydrogens is 329 g/mol. The third-order valence-electron chi connectivity index (χ3n) is 3.46. The molecule has 0 saturated carbocycles. The molecule has 5 nitrogen and oxygen atoms in total. The van der Waals surface area contributed by atoms with E-state index in [2.05, 4.69) is 10.3 Å².